The molecule has 354 valence electrons. The summed E-state index contributed by atoms with van der Waals surface area (Å²) in [6.07, 6.45) is 0. The molecule has 0 aliphatic rings. The van der Waals surface area contributed by atoms with E-state index in [1.807, 2.05) is 0 Å². The van der Waals surface area contributed by atoms with Gasteiger partial charge in [-0.05, 0) is 161 Å². The highest BCUT2D eigenvalue weighted by Gasteiger charge is 2.23. The summed E-state index contributed by atoms with van der Waals surface area (Å²) in [5, 5.41) is 9.78. The van der Waals surface area contributed by atoms with Gasteiger partial charge in [0.15, 0.2) is 0 Å². The standard InChI is InChI=1S/C74H48N2/c1-5-21-49(22-6-1)57-29-13-15-33-61(57)73-63-41-37-52(54-40-44-72-66(46-54)60-32-18-20-36-70(60)76(72)56-27-11-4-12-28-56)48-68(63)74(62-34-16-14-30-58(62)50-23-7-2-8-24-50)64-42-38-51(47-67(64)73)53-39-43-71-65(45-53)59-31-17-19-35-69(59)75(71)55-25-9-3-10-26-55/h1-48H. The third-order valence-electron chi connectivity index (χ3n) is 15.7. The summed E-state index contributed by atoms with van der Waals surface area (Å²) in [7, 11) is 0. The van der Waals surface area contributed by atoms with Crippen LogP contribution in [0.5, 0.6) is 0 Å². The number of benzene rings is 13. The highest BCUT2D eigenvalue weighted by Crippen LogP contribution is 2.50. The van der Waals surface area contributed by atoms with Gasteiger partial charge in [-0.2, -0.15) is 0 Å². The third kappa shape index (κ3) is 7.03. The van der Waals surface area contributed by atoms with Crippen LogP contribution >= 0.6 is 0 Å². The lowest BCUT2D eigenvalue weighted by Gasteiger charge is -2.22. The molecule has 0 aliphatic carbocycles. The number of fused-ring (bicyclic) bond motifs is 8. The van der Waals surface area contributed by atoms with E-state index in [2.05, 4.69) is 300 Å². The SMILES string of the molecule is c1ccc(-c2ccccc2-c2c3ccc(-c4ccc5c(c4)c4ccccc4n5-c4ccccc4)cc3c(-c3ccccc3-c3ccccc3)c3ccc(-c4ccc5c(c4)c4ccccc4n5-c4ccccc4)cc23)cc1. The van der Waals surface area contributed by atoms with Crippen molar-refractivity contribution in [3.05, 3.63) is 291 Å². The van der Waals surface area contributed by atoms with Crippen molar-refractivity contribution in [2.75, 3.05) is 0 Å². The Kier molecular flexibility index (Phi) is 10.2. The molecule has 2 aromatic heterocycles. The van der Waals surface area contributed by atoms with E-state index in [-0.39, 0.29) is 0 Å². The van der Waals surface area contributed by atoms with E-state index in [9.17, 15) is 0 Å². The molecule has 0 atom stereocenters. The van der Waals surface area contributed by atoms with Gasteiger partial charge in [0.25, 0.3) is 0 Å². The smallest absolute Gasteiger partial charge is 0.0541 e. The highest BCUT2D eigenvalue weighted by atomic mass is 15.0. The molecule has 0 N–H and O–H groups in total. The average molecular weight is 965 g/mol. The van der Waals surface area contributed by atoms with Crippen molar-refractivity contribution < 1.29 is 0 Å². The van der Waals surface area contributed by atoms with Crippen LogP contribution in [0.4, 0.5) is 0 Å². The van der Waals surface area contributed by atoms with Gasteiger partial charge in [0, 0.05) is 32.9 Å². The molecular weight excluding hydrogens is 917 g/mol. The fraction of sp³-hybridized carbons (Fsp3) is 0. The normalized spacial score (nSPS) is 11.7. The van der Waals surface area contributed by atoms with Crippen LogP contribution in [-0.4, -0.2) is 9.13 Å². The van der Waals surface area contributed by atoms with Crippen molar-refractivity contribution in [1.82, 2.24) is 9.13 Å². The van der Waals surface area contributed by atoms with Crippen LogP contribution in [-0.2, 0) is 0 Å². The van der Waals surface area contributed by atoms with Crippen molar-refractivity contribution in [2.24, 2.45) is 0 Å². The van der Waals surface area contributed by atoms with Crippen LogP contribution in [0, 0.1) is 0 Å². The van der Waals surface area contributed by atoms with Crippen LogP contribution in [0.3, 0.4) is 0 Å². The molecule has 0 saturated carbocycles. The topological polar surface area (TPSA) is 9.86 Å². The summed E-state index contributed by atoms with van der Waals surface area (Å²) in [4.78, 5) is 0. The Morgan fingerprint density at radius 2 is 0.474 bits per heavy atom. The Hall–Kier alpha value is -10.0. The first-order chi connectivity index (χ1) is 37.7. The Labute approximate surface area is 441 Å². The van der Waals surface area contributed by atoms with Crippen LogP contribution in [0.1, 0.15) is 0 Å². The maximum atomic E-state index is 2.47. The van der Waals surface area contributed by atoms with Crippen LogP contribution in [0.25, 0.3) is 143 Å². The molecule has 0 fully saturated rings. The summed E-state index contributed by atoms with van der Waals surface area (Å²) in [5.41, 5.74) is 21.4. The number of nitrogens with zero attached hydrogens (tertiary/aromatic N) is 2. The Balaban J connectivity index is 1.03. The zero-order chi connectivity index (χ0) is 50.1. The molecule has 76 heavy (non-hydrogen) atoms. The fourth-order valence-electron chi connectivity index (χ4n) is 12.3. The molecule has 13 aromatic carbocycles. The van der Waals surface area contributed by atoms with Gasteiger partial charge in [0.1, 0.15) is 0 Å². The Bertz CT molecular complexity index is 4410. The average Bonchev–Trinajstić information content (AvgIpc) is 4.03. The van der Waals surface area contributed by atoms with E-state index >= 15 is 0 Å². The summed E-state index contributed by atoms with van der Waals surface area (Å²) in [6.45, 7) is 0. The van der Waals surface area contributed by atoms with Gasteiger partial charge in [0.05, 0.1) is 22.1 Å². The van der Waals surface area contributed by atoms with Gasteiger partial charge in [-0.15, -0.1) is 0 Å². The molecular formula is C74H48N2. The van der Waals surface area contributed by atoms with Gasteiger partial charge < -0.3 is 9.13 Å². The van der Waals surface area contributed by atoms with Gasteiger partial charge >= 0.3 is 0 Å². The molecule has 0 radical (unpaired) electrons. The van der Waals surface area contributed by atoms with Crippen molar-refractivity contribution in [3.8, 4) is 78.1 Å². The van der Waals surface area contributed by atoms with Gasteiger partial charge in [-0.3, -0.25) is 0 Å². The summed E-state index contributed by atoms with van der Waals surface area (Å²) >= 11 is 0. The minimum Gasteiger partial charge on any atom is -0.309 e. The lowest BCUT2D eigenvalue weighted by molar-refractivity contribution is 1.18. The molecule has 15 rings (SSSR count). The predicted octanol–water partition coefficient (Wildman–Crippen LogP) is 20.2. The molecule has 2 nitrogen and oxygen atoms in total. The van der Waals surface area contributed by atoms with Gasteiger partial charge in [-0.25, -0.2) is 0 Å². The van der Waals surface area contributed by atoms with E-state index in [0.717, 1.165) is 11.4 Å². The predicted molar refractivity (Wildman–Crippen MR) is 323 cm³/mol. The lowest BCUT2D eigenvalue weighted by Crippen LogP contribution is -1.95. The summed E-state index contributed by atoms with van der Waals surface area (Å²) in [5.74, 6) is 0. The molecule has 15 aromatic rings. The van der Waals surface area contributed by atoms with E-state index in [0.29, 0.717) is 0 Å². The molecule has 0 amide bonds. The van der Waals surface area contributed by atoms with Gasteiger partial charge in [-0.1, -0.05) is 218 Å². The maximum Gasteiger partial charge on any atom is 0.0541 e. The van der Waals surface area contributed by atoms with Crippen LogP contribution in [0.2, 0.25) is 0 Å². The van der Waals surface area contributed by atoms with Crippen molar-refractivity contribution in [3.63, 3.8) is 0 Å². The second-order valence-corrected chi connectivity index (χ2v) is 19.9. The molecule has 2 heterocycles. The molecule has 0 unspecified atom stereocenters. The second kappa shape index (κ2) is 17.9. The Morgan fingerprint density at radius 3 is 0.882 bits per heavy atom. The number of para-hydroxylation sites is 4. The first kappa shape index (κ1) is 43.6. The van der Waals surface area contributed by atoms with Gasteiger partial charge in [0.2, 0.25) is 0 Å². The first-order valence-corrected chi connectivity index (χ1v) is 26.2. The van der Waals surface area contributed by atoms with Crippen molar-refractivity contribution >= 4 is 65.2 Å². The van der Waals surface area contributed by atoms with Crippen molar-refractivity contribution in [1.29, 1.82) is 0 Å². The molecule has 0 aliphatic heterocycles. The summed E-state index contributed by atoms with van der Waals surface area (Å²) in [6, 6.07) is 107. The zero-order valence-electron chi connectivity index (χ0n) is 41.6. The highest BCUT2D eigenvalue weighted by molar-refractivity contribution is 6.25. The molecule has 2 heteroatoms. The van der Waals surface area contributed by atoms with Crippen LogP contribution < -0.4 is 0 Å². The monoisotopic (exact) mass is 964 g/mol. The Morgan fingerprint density at radius 1 is 0.171 bits per heavy atom. The lowest BCUT2D eigenvalue weighted by atomic mass is 9.81. The molecule has 0 bridgehead atoms. The van der Waals surface area contributed by atoms with E-state index in [1.165, 1.54) is 132 Å². The number of rotatable bonds is 8. The number of hydrogen-bond donors (Lipinski definition) is 0. The third-order valence-corrected chi connectivity index (χ3v) is 15.7. The summed E-state index contributed by atoms with van der Waals surface area (Å²) < 4.78 is 4.79. The quantitative estimate of drug-likeness (QED) is 0.134. The number of hydrogen-bond acceptors (Lipinski definition) is 0. The minimum absolute atomic E-state index is 1.16. The van der Waals surface area contributed by atoms with Crippen molar-refractivity contribution in [2.45, 2.75) is 0 Å². The van der Waals surface area contributed by atoms with Crippen LogP contribution in [0.15, 0.2) is 291 Å². The fourth-order valence-corrected chi connectivity index (χ4v) is 12.3. The minimum atomic E-state index is 1.16. The molecule has 0 saturated heterocycles. The van der Waals surface area contributed by atoms with E-state index in [4.69, 9.17) is 0 Å². The number of aromatic nitrogens is 2. The zero-order valence-corrected chi connectivity index (χ0v) is 41.6. The second-order valence-electron chi connectivity index (χ2n) is 19.9. The largest absolute Gasteiger partial charge is 0.309 e. The first-order valence-electron chi connectivity index (χ1n) is 26.2. The van der Waals surface area contributed by atoms with E-state index in [1.54, 1.807) is 0 Å². The van der Waals surface area contributed by atoms with E-state index < -0.39 is 0 Å². The maximum absolute atomic E-state index is 2.47. The molecule has 0 spiro atoms.